The summed E-state index contributed by atoms with van der Waals surface area (Å²) in [5.74, 6) is 0.127. The number of aromatic nitrogens is 1. The molecule has 0 unspecified atom stereocenters. The highest BCUT2D eigenvalue weighted by molar-refractivity contribution is 5.98. The van der Waals surface area contributed by atoms with Gasteiger partial charge < -0.3 is 14.6 Å². The van der Waals surface area contributed by atoms with Crippen molar-refractivity contribution in [2.75, 3.05) is 32.8 Å². The quantitative estimate of drug-likeness (QED) is 0.914. The fourth-order valence-electron chi connectivity index (χ4n) is 4.15. The van der Waals surface area contributed by atoms with Crippen LogP contribution >= 0.6 is 0 Å². The Balaban J connectivity index is 1.40. The summed E-state index contributed by atoms with van der Waals surface area (Å²) in [4.78, 5) is 20.7. The van der Waals surface area contributed by atoms with E-state index in [1.807, 2.05) is 17.0 Å². The van der Waals surface area contributed by atoms with E-state index >= 15 is 0 Å². The number of aromatic amines is 1. The number of nitrogens with one attached hydrogen (secondary N) is 1. The molecule has 4 rings (SSSR count). The van der Waals surface area contributed by atoms with Gasteiger partial charge >= 0.3 is 0 Å². The van der Waals surface area contributed by atoms with Crippen LogP contribution in [0.15, 0.2) is 24.3 Å². The van der Waals surface area contributed by atoms with Gasteiger partial charge in [-0.15, -0.1) is 0 Å². The molecule has 1 aromatic carbocycles. The predicted molar refractivity (Wildman–Crippen MR) is 98.9 cm³/mol. The van der Waals surface area contributed by atoms with Gasteiger partial charge in [0, 0.05) is 43.1 Å². The molecule has 2 aliphatic heterocycles. The first-order valence-corrected chi connectivity index (χ1v) is 9.34. The van der Waals surface area contributed by atoms with Gasteiger partial charge in [-0.25, -0.2) is 0 Å². The molecule has 1 N–H and O–H groups in total. The van der Waals surface area contributed by atoms with E-state index in [-0.39, 0.29) is 5.91 Å². The lowest BCUT2D eigenvalue weighted by Gasteiger charge is -2.41. The van der Waals surface area contributed by atoms with E-state index in [9.17, 15) is 4.79 Å². The maximum atomic E-state index is 12.9. The van der Waals surface area contributed by atoms with E-state index in [4.69, 9.17) is 4.74 Å². The molecule has 0 aliphatic carbocycles. The number of carbonyl (C=O) groups is 1. The summed E-state index contributed by atoms with van der Waals surface area (Å²) in [5, 5.41) is 1.11. The maximum absolute atomic E-state index is 12.9. The molecule has 1 aromatic heterocycles. The lowest BCUT2D eigenvalue weighted by molar-refractivity contribution is -0.0423. The maximum Gasteiger partial charge on any atom is 0.270 e. The Labute approximate surface area is 148 Å². The number of fused-ring (bicyclic) bond motifs is 1. The molecule has 5 heteroatoms. The van der Waals surface area contributed by atoms with Crippen molar-refractivity contribution in [1.29, 1.82) is 0 Å². The van der Waals surface area contributed by atoms with Gasteiger partial charge in [0.15, 0.2) is 0 Å². The Kier molecular flexibility index (Phi) is 4.52. The van der Waals surface area contributed by atoms with Crippen LogP contribution in [0.5, 0.6) is 0 Å². The van der Waals surface area contributed by atoms with Crippen LogP contribution in [0.3, 0.4) is 0 Å². The minimum atomic E-state index is 0.127. The van der Waals surface area contributed by atoms with Crippen molar-refractivity contribution in [2.45, 2.75) is 38.8 Å². The summed E-state index contributed by atoms with van der Waals surface area (Å²) in [7, 11) is 0. The predicted octanol–water partition coefficient (Wildman–Crippen LogP) is 2.80. The van der Waals surface area contributed by atoms with Crippen LogP contribution in [0.2, 0.25) is 0 Å². The van der Waals surface area contributed by atoms with Gasteiger partial charge in [0.2, 0.25) is 0 Å². The van der Waals surface area contributed by atoms with E-state index in [2.05, 4.69) is 35.9 Å². The summed E-state index contributed by atoms with van der Waals surface area (Å²) < 4.78 is 5.64. The van der Waals surface area contributed by atoms with E-state index in [0.29, 0.717) is 17.8 Å². The molecular formula is C20H27N3O2. The lowest BCUT2D eigenvalue weighted by atomic mass is 10.0. The number of morpholine rings is 1. The Bertz CT molecular complexity index is 761. The number of rotatable bonds is 2. The van der Waals surface area contributed by atoms with Crippen LogP contribution in [-0.2, 0) is 4.74 Å². The number of likely N-dealkylation sites (tertiary alicyclic amines) is 1. The van der Waals surface area contributed by atoms with Gasteiger partial charge in [0.25, 0.3) is 5.91 Å². The average molecular weight is 341 g/mol. The summed E-state index contributed by atoms with van der Waals surface area (Å²) in [6.45, 7) is 8.75. The molecule has 1 atom stereocenters. The standard InChI is InChI=1S/C20H27N3O2/c1-14-3-4-18-16(11-14)12-19(21-18)20(24)22-7-5-17(6-8-22)23-9-10-25-15(2)13-23/h3-4,11-12,15,17,21H,5-10,13H2,1-2H3/t15-/m1/s1. The normalized spacial score (nSPS) is 23.3. The fraction of sp³-hybridized carbons (Fsp3) is 0.550. The second kappa shape index (κ2) is 6.81. The third kappa shape index (κ3) is 3.44. The molecule has 2 aliphatic rings. The Morgan fingerprint density at radius 3 is 2.76 bits per heavy atom. The minimum absolute atomic E-state index is 0.127. The second-order valence-corrected chi connectivity index (χ2v) is 7.47. The first kappa shape index (κ1) is 16.6. The van der Waals surface area contributed by atoms with Crippen molar-refractivity contribution in [3.63, 3.8) is 0 Å². The van der Waals surface area contributed by atoms with Gasteiger partial charge in [-0.3, -0.25) is 9.69 Å². The topological polar surface area (TPSA) is 48.6 Å². The zero-order valence-electron chi connectivity index (χ0n) is 15.1. The Hall–Kier alpha value is -1.85. The van der Waals surface area contributed by atoms with Gasteiger partial charge in [-0.05, 0) is 44.9 Å². The Morgan fingerprint density at radius 2 is 2.00 bits per heavy atom. The van der Waals surface area contributed by atoms with Crippen molar-refractivity contribution in [2.24, 2.45) is 0 Å². The summed E-state index contributed by atoms with van der Waals surface area (Å²) >= 11 is 0. The summed E-state index contributed by atoms with van der Waals surface area (Å²) in [6, 6.07) is 8.81. The van der Waals surface area contributed by atoms with Crippen LogP contribution in [0.4, 0.5) is 0 Å². The third-order valence-electron chi connectivity index (χ3n) is 5.55. The highest BCUT2D eigenvalue weighted by atomic mass is 16.5. The average Bonchev–Trinajstić information content (AvgIpc) is 3.04. The smallest absolute Gasteiger partial charge is 0.270 e. The summed E-state index contributed by atoms with van der Waals surface area (Å²) in [6.07, 6.45) is 2.43. The molecule has 2 saturated heterocycles. The molecule has 0 radical (unpaired) electrons. The number of aryl methyl sites for hydroxylation is 1. The number of H-pyrrole nitrogens is 1. The number of carbonyl (C=O) groups excluding carboxylic acids is 1. The summed E-state index contributed by atoms with van der Waals surface area (Å²) in [5.41, 5.74) is 2.95. The van der Waals surface area contributed by atoms with Gasteiger partial charge in [0.1, 0.15) is 5.69 Å². The molecule has 134 valence electrons. The van der Waals surface area contributed by atoms with E-state index in [1.165, 1.54) is 5.56 Å². The number of amides is 1. The van der Waals surface area contributed by atoms with Crippen molar-refractivity contribution >= 4 is 16.8 Å². The highest BCUT2D eigenvalue weighted by Gasteiger charge is 2.30. The zero-order chi connectivity index (χ0) is 17.4. The van der Waals surface area contributed by atoms with Crippen LogP contribution < -0.4 is 0 Å². The molecule has 3 heterocycles. The largest absolute Gasteiger partial charge is 0.376 e. The van der Waals surface area contributed by atoms with Gasteiger partial charge in [-0.1, -0.05) is 11.6 Å². The second-order valence-electron chi connectivity index (χ2n) is 7.47. The SMILES string of the molecule is Cc1ccc2[nH]c(C(=O)N3CCC(N4CCO[C@H](C)C4)CC3)cc2c1. The van der Waals surface area contributed by atoms with Gasteiger partial charge in [0.05, 0.1) is 12.7 Å². The fourth-order valence-corrected chi connectivity index (χ4v) is 4.15. The van der Waals surface area contributed by atoms with E-state index in [1.54, 1.807) is 0 Å². The van der Waals surface area contributed by atoms with E-state index in [0.717, 1.165) is 56.5 Å². The van der Waals surface area contributed by atoms with Crippen molar-refractivity contribution in [3.8, 4) is 0 Å². The molecular weight excluding hydrogens is 314 g/mol. The first-order chi connectivity index (χ1) is 12.1. The van der Waals surface area contributed by atoms with Crippen LogP contribution in [0.25, 0.3) is 10.9 Å². The number of piperidine rings is 1. The molecule has 0 spiro atoms. The van der Waals surface area contributed by atoms with Crippen LogP contribution in [0.1, 0.15) is 35.8 Å². The number of hydrogen-bond donors (Lipinski definition) is 1. The van der Waals surface area contributed by atoms with E-state index < -0.39 is 0 Å². The number of benzene rings is 1. The Morgan fingerprint density at radius 1 is 1.20 bits per heavy atom. The highest BCUT2D eigenvalue weighted by Crippen LogP contribution is 2.22. The van der Waals surface area contributed by atoms with Crippen molar-refractivity contribution in [1.82, 2.24) is 14.8 Å². The molecule has 0 bridgehead atoms. The molecule has 1 amide bonds. The van der Waals surface area contributed by atoms with Gasteiger partial charge in [-0.2, -0.15) is 0 Å². The zero-order valence-corrected chi connectivity index (χ0v) is 15.1. The molecule has 25 heavy (non-hydrogen) atoms. The minimum Gasteiger partial charge on any atom is -0.376 e. The molecule has 2 fully saturated rings. The molecule has 5 nitrogen and oxygen atoms in total. The third-order valence-corrected chi connectivity index (χ3v) is 5.55. The lowest BCUT2D eigenvalue weighted by Crippen LogP contribution is -2.51. The van der Waals surface area contributed by atoms with Crippen LogP contribution in [-0.4, -0.2) is 65.6 Å². The number of nitrogens with zero attached hydrogens (tertiary/aromatic N) is 2. The monoisotopic (exact) mass is 341 g/mol. The number of ether oxygens (including phenoxy) is 1. The number of hydrogen-bond acceptors (Lipinski definition) is 3. The van der Waals surface area contributed by atoms with Crippen LogP contribution in [0, 0.1) is 6.92 Å². The first-order valence-electron chi connectivity index (χ1n) is 9.34. The van der Waals surface area contributed by atoms with Crippen molar-refractivity contribution in [3.05, 3.63) is 35.5 Å². The molecule has 0 saturated carbocycles. The molecule has 2 aromatic rings. The van der Waals surface area contributed by atoms with Crippen molar-refractivity contribution < 1.29 is 9.53 Å².